The summed E-state index contributed by atoms with van der Waals surface area (Å²) < 4.78 is 5.03. The molecule has 0 saturated heterocycles. The van der Waals surface area contributed by atoms with Crippen LogP contribution >= 0.6 is 0 Å². The quantitative estimate of drug-likeness (QED) is 0.741. The standard InChI is InChI=1S/C12H22N6O2/c1-6-18(7-9(19)14-8(2)3)11-15-10(13-4)16-12(17-11)20-5/h8H,6-7H2,1-5H3,(H,14,19)(H,13,15,16,17). The highest BCUT2D eigenvalue weighted by molar-refractivity contribution is 5.81. The van der Waals surface area contributed by atoms with E-state index < -0.39 is 0 Å². The van der Waals surface area contributed by atoms with Crippen LogP contribution in [-0.2, 0) is 4.79 Å². The molecule has 112 valence electrons. The Bertz CT molecular complexity index is 429. The first-order valence-electron chi connectivity index (χ1n) is 6.52. The molecule has 0 fully saturated rings. The lowest BCUT2D eigenvalue weighted by molar-refractivity contribution is -0.120. The summed E-state index contributed by atoms with van der Waals surface area (Å²) in [6.45, 7) is 6.54. The van der Waals surface area contributed by atoms with Crippen LogP contribution in [0.5, 0.6) is 6.01 Å². The fourth-order valence-corrected chi connectivity index (χ4v) is 1.56. The van der Waals surface area contributed by atoms with Crippen molar-refractivity contribution < 1.29 is 9.53 Å². The number of likely N-dealkylation sites (N-methyl/N-ethyl adjacent to an activating group) is 1. The van der Waals surface area contributed by atoms with Gasteiger partial charge in [-0.05, 0) is 20.8 Å². The Morgan fingerprint density at radius 2 is 2.05 bits per heavy atom. The number of aromatic nitrogens is 3. The van der Waals surface area contributed by atoms with Gasteiger partial charge in [-0.1, -0.05) is 0 Å². The zero-order chi connectivity index (χ0) is 15.1. The molecule has 0 spiro atoms. The van der Waals surface area contributed by atoms with Crippen molar-refractivity contribution in [3.63, 3.8) is 0 Å². The van der Waals surface area contributed by atoms with E-state index >= 15 is 0 Å². The van der Waals surface area contributed by atoms with Gasteiger partial charge in [0, 0.05) is 19.6 Å². The molecule has 2 N–H and O–H groups in total. The SMILES string of the molecule is CCN(CC(=O)NC(C)C)c1nc(NC)nc(OC)n1. The van der Waals surface area contributed by atoms with Crippen molar-refractivity contribution in [3.05, 3.63) is 0 Å². The minimum absolute atomic E-state index is 0.0766. The molecular formula is C12H22N6O2. The molecule has 0 aromatic carbocycles. The monoisotopic (exact) mass is 282 g/mol. The van der Waals surface area contributed by atoms with Crippen molar-refractivity contribution in [1.82, 2.24) is 20.3 Å². The molecule has 0 atom stereocenters. The van der Waals surface area contributed by atoms with Gasteiger partial charge in [0.1, 0.15) is 0 Å². The summed E-state index contributed by atoms with van der Waals surface area (Å²) in [7, 11) is 3.20. The second kappa shape index (κ2) is 7.46. The van der Waals surface area contributed by atoms with Crippen LogP contribution < -0.4 is 20.3 Å². The maximum atomic E-state index is 11.8. The van der Waals surface area contributed by atoms with Gasteiger partial charge >= 0.3 is 6.01 Å². The molecule has 1 aromatic rings. The van der Waals surface area contributed by atoms with Gasteiger partial charge in [0.15, 0.2) is 0 Å². The summed E-state index contributed by atoms with van der Waals surface area (Å²) in [5.74, 6) is 0.726. The minimum atomic E-state index is -0.0766. The van der Waals surface area contributed by atoms with Crippen molar-refractivity contribution >= 4 is 17.8 Å². The molecule has 1 rings (SSSR count). The molecule has 1 heterocycles. The van der Waals surface area contributed by atoms with Gasteiger partial charge in [0.25, 0.3) is 0 Å². The molecular weight excluding hydrogens is 260 g/mol. The number of anilines is 2. The lowest BCUT2D eigenvalue weighted by Crippen LogP contribution is -2.40. The fraction of sp³-hybridized carbons (Fsp3) is 0.667. The molecule has 8 heteroatoms. The summed E-state index contributed by atoms with van der Waals surface area (Å²) in [4.78, 5) is 26.0. The third-order valence-corrected chi connectivity index (χ3v) is 2.46. The molecule has 1 aromatic heterocycles. The second-order valence-electron chi connectivity index (χ2n) is 4.43. The maximum absolute atomic E-state index is 11.8. The zero-order valence-electron chi connectivity index (χ0n) is 12.6. The lowest BCUT2D eigenvalue weighted by Gasteiger charge is -2.21. The summed E-state index contributed by atoms with van der Waals surface area (Å²) in [5, 5.41) is 5.67. The smallest absolute Gasteiger partial charge is 0.322 e. The molecule has 0 aliphatic heterocycles. The Hall–Kier alpha value is -2.12. The third kappa shape index (κ3) is 4.52. The largest absolute Gasteiger partial charge is 0.467 e. The van der Waals surface area contributed by atoms with Crippen LogP contribution in [0.3, 0.4) is 0 Å². The average Bonchev–Trinajstić information content (AvgIpc) is 2.43. The topological polar surface area (TPSA) is 92.3 Å². The van der Waals surface area contributed by atoms with Crippen LogP contribution in [0.2, 0.25) is 0 Å². The van der Waals surface area contributed by atoms with Gasteiger partial charge in [0.2, 0.25) is 17.8 Å². The molecule has 20 heavy (non-hydrogen) atoms. The van der Waals surface area contributed by atoms with Crippen molar-refractivity contribution in [3.8, 4) is 6.01 Å². The predicted molar refractivity (Wildman–Crippen MR) is 77.1 cm³/mol. The molecule has 0 aliphatic carbocycles. The Labute approximate surface area is 119 Å². The van der Waals surface area contributed by atoms with Gasteiger partial charge < -0.3 is 20.3 Å². The van der Waals surface area contributed by atoms with Gasteiger partial charge in [-0.15, -0.1) is 0 Å². The summed E-state index contributed by atoms with van der Waals surface area (Å²) in [6.07, 6.45) is 0. The Balaban J connectivity index is 2.91. The highest BCUT2D eigenvalue weighted by Crippen LogP contribution is 2.14. The van der Waals surface area contributed by atoms with Crippen LogP contribution in [-0.4, -0.2) is 54.1 Å². The number of hydrogen-bond acceptors (Lipinski definition) is 7. The Morgan fingerprint density at radius 3 is 2.55 bits per heavy atom. The predicted octanol–water partition coefficient (Wildman–Crippen LogP) is 0.273. The molecule has 0 aliphatic rings. The molecule has 0 unspecified atom stereocenters. The first-order chi connectivity index (χ1) is 9.49. The highest BCUT2D eigenvalue weighted by atomic mass is 16.5. The van der Waals surface area contributed by atoms with Crippen LogP contribution in [0, 0.1) is 0 Å². The number of amides is 1. The number of ether oxygens (including phenoxy) is 1. The van der Waals surface area contributed by atoms with Crippen molar-refractivity contribution in [2.75, 3.05) is 37.5 Å². The summed E-state index contributed by atoms with van der Waals surface area (Å²) in [6, 6.07) is 0.309. The van der Waals surface area contributed by atoms with E-state index in [1.807, 2.05) is 20.8 Å². The van der Waals surface area contributed by atoms with E-state index in [1.165, 1.54) is 7.11 Å². The minimum Gasteiger partial charge on any atom is -0.467 e. The fourth-order valence-electron chi connectivity index (χ4n) is 1.56. The van der Waals surface area contributed by atoms with Crippen LogP contribution in [0.4, 0.5) is 11.9 Å². The van der Waals surface area contributed by atoms with E-state index in [0.29, 0.717) is 18.4 Å². The average molecular weight is 282 g/mol. The van der Waals surface area contributed by atoms with Crippen LogP contribution in [0.25, 0.3) is 0 Å². The van der Waals surface area contributed by atoms with Crippen LogP contribution in [0.15, 0.2) is 0 Å². The number of hydrogen-bond donors (Lipinski definition) is 2. The van der Waals surface area contributed by atoms with Crippen LogP contribution in [0.1, 0.15) is 20.8 Å². The normalized spacial score (nSPS) is 10.3. The van der Waals surface area contributed by atoms with E-state index in [2.05, 4.69) is 25.6 Å². The first-order valence-corrected chi connectivity index (χ1v) is 6.52. The van der Waals surface area contributed by atoms with Gasteiger partial charge in [-0.2, -0.15) is 15.0 Å². The zero-order valence-corrected chi connectivity index (χ0v) is 12.6. The third-order valence-electron chi connectivity index (χ3n) is 2.46. The Kier molecular flexibility index (Phi) is 5.95. The van der Waals surface area contributed by atoms with E-state index in [1.54, 1.807) is 11.9 Å². The number of carbonyl (C=O) groups excluding carboxylic acids is 1. The number of methoxy groups -OCH3 is 1. The van der Waals surface area contributed by atoms with E-state index in [0.717, 1.165) is 0 Å². The van der Waals surface area contributed by atoms with Gasteiger partial charge in [-0.25, -0.2) is 0 Å². The van der Waals surface area contributed by atoms with Crippen molar-refractivity contribution in [1.29, 1.82) is 0 Å². The Morgan fingerprint density at radius 1 is 1.35 bits per heavy atom. The van der Waals surface area contributed by atoms with Crippen molar-refractivity contribution in [2.45, 2.75) is 26.8 Å². The number of nitrogens with zero attached hydrogens (tertiary/aromatic N) is 4. The van der Waals surface area contributed by atoms with Gasteiger partial charge in [0.05, 0.1) is 13.7 Å². The van der Waals surface area contributed by atoms with Crippen molar-refractivity contribution in [2.24, 2.45) is 0 Å². The number of nitrogens with one attached hydrogen (secondary N) is 2. The molecule has 0 bridgehead atoms. The number of rotatable bonds is 7. The summed E-state index contributed by atoms with van der Waals surface area (Å²) in [5.41, 5.74) is 0. The van der Waals surface area contributed by atoms with E-state index in [9.17, 15) is 4.79 Å². The molecule has 0 radical (unpaired) electrons. The maximum Gasteiger partial charge on any atom is 0.322 e. The highest BCUT2D eigenvalue weighted by Gasteiger charge is 2.15. The number of carbonyl (C=O) groups is 1. The molecule has 8 nitrogen and oxygen atoms in total. The molecule has 0 saturated carbocycles. The van der Waals surface area contributed by atoms with Gasteiger partial charge in [-0.3, -0.25) is 4.79 Å². The molecule has 1 amide bonds. The first kappa shape index (κ1) is 15.9. The van der Waals surface area contributed by atoms with E-state index in [4.69, 9.17) is 4.74 Å². The summed E-state index contributed by atoms with van der Waals surface area (Å²) >= 11 is 0. The lowest BCUT2D eigenvalue weighted by atomic mass is 10.4. The van der Waals surface area contributed by atoms with E-state index in [-0.39, 0.29) is 24.5 Å². The second-order valence-corrected chi connectivity index (χ2v) is 4.43.